The summed E-state index contributed by atoms with van der Waals surface area (Å²) >= 11 is 0. The lowest BCUT2D eigenvalue weighted by atomic mass is 9.96. The number of rotatable bonds is 16. The second kappa shape index (κ2) is 38.7. The minimum absolute atomic E-state index is 0.0182. The van der Waals surface area contributed by atoms with Crippen molar-refractivity contribution in [3.05, 3.63) is 65.5 Å². The van der Waals surface area contributed by atoms with Crippen molar-refractivity contribution in [1.29, 1.82) is 0 Å². The Labute approximate surface area is 585 Å². The van der Waals surface area contributed by atoms with Crippen molar-refractivity contribution in [1.82, 2.24) is 60.5 Å². The number of likely N-dealkylation sites (N-methyl/N-ethyl adjacent to an activating group) is 7. The Morgan fingerprint density at radius 3 is 1.48 bits per heavy atom. The second-order valence-corrected chi connectivity index (χ2v) is 29.4. The summed E-state index contributed by atoms with van der Waals surface area (Å²) in [5.41, 5.74) is 0.837. The minimum atomic E-state index is -1.80. The first-order valence-electron chi connectivity index (χ1n) is 34.9. The highest BCUT2D eigenvalue weighted by molar-refractivity contribution is 5.99. The van der Waals surface area contributed by atoms with Crippen LogP contribution in [-0.4, -0.2) is 262 Å². The van der Waals surface area contributed by atoms with Crippen molar-refractivity contribution in [2.75, 3.05) is 75.5 Å². The maximum Gasteiger partial charge on any atom is 0.248 e. The first kappa shape index (κ1) is 83.6. The summed E-state index contributed by atoms with van der Waals surface area (Å²) in [6.07, 6.45) is -1.84. The van der Waals surface area contributed by atoms with Crippen molar-refractivity contribution in [2.24, 2.45) is 29.6 Å². The lowest BCUT2D eigenvalue weighted by molar-refractivity contribution is -0.150. The molecule has 554 valence electrons. The molecule has 2 aliphatic rings. The Morgan fingerprint density at radius 2 is 0.970 bits per heavy atom. The third-order valence-corrected chi connectivity index (χ3v) is 18.5. The molecular formula is C72H115FN12O14. The lowest BCUT2D eigenvalue weighted by Crippen LogP contribution is -2.62. The predicted octanol–water partition coefficient (Wildman–Crippen LogP) is 3.13. The van der Waals surface area contributed by atoms with Crippen molar-refractivity contribution in [3.8, 4) is 5.75 Å². The first-order valence-corrected chi connectivity index (χ1v) is 34.9. The third kappa shape index (κ3) is 24.5. The summed E-state index contributed by atoms with van der Waals surface area (Å²) in [6, 6.07) is 0.0853. The molecular weight excluding hydrogens is 1280 g/mol. The lowest BCUT2D eigenvalue weighted by Gasteiger charge is -2.39. The largest absolute Gasteiger partial charge is 0.505 e. The molecule has 11 atom stereocenters. The highest BCUT2D eigenvalue weighted by Gasteiger charge is 2.43. The fourth-order valence-corrected chi connectivity index (χ4v) is 12.6. The zero-order chi connectivity index (χ0) is 74.6. The van der Waals surface area contributed by atoms with E-state index in [9.17, 15) is 48.9 Å². The smallest absolute Gasteiger partial charge is 0.248 e. The molecule has 2 aromatic rings. The first-order chi connectivity index (χ1) is 46.2. The molecule has 7 N–H and O–H groups in total. The number of aliphatic hydroxyl groups excluding tert-OH is 2. The summed E-state index contributed by atoms with van der Waals surface area (Å²) in [4.78, 5) is 173. The van der Waals surface area contributed by atoms with Crippen molar-refractivity contribution >= 4 is 65.0 Å². The molecule has 27 heteroatoms. The van der Waals surface area contributed by atoms with Gasteiger partial charge < -0.3 is 70.9 Å². The number of phenols is 1. The molecule has 0 aliphatic carbocycles. The van der Waals surface area contributed by atoms with E-state index in [0.717, 1.165) is 33.3 Å². The van der Waals surface area contributed by atoms with Gasteiger partial charge in [-0.2, -0.15) is 0 Å². The van der Waals surface area contributed by atoms with Gasteiger partial charge in [-0.05, 0) is 125 Å². The average Bonchev–Trinajstić information content (AvgIpc) is 0.822. The van der Waals surface area contributed by atoms with Crippen LogP contribution in [0, 0.1) is 35.4 Å². The van der Waals surface area contributed by atoms with Crippen LogP contribution in [0.3, 0.4) is 0 Å². The number of amides is 11. The molecule has 2 fully saturated rings. The van der Waals surface area contributed by atoms with Gasteiger partial charge in [-0.1, -0.05) is 106 Å². The van der Waals surface area contributed by atoms with E-state index in [1.807, 2.05) is 55.4 Å². The number of phenolic OH excluding ortho intramolecular Hbond substituents is 1. The zero-order valence-corrected chi connectivity index (χ0v) is 61.8. The summed E-state index contributed by atoms with van der Waals surface area (Å²) in [6.45, 7) is 19.0. The van der Waals surface area contributed by atoms with Crippen molar-refractivity contribution < 1.29 is 72.4 Å². The summed E-state index contributed by atoms with van der Waals surface area (Å²) in [5, 5.41) is 45.2. The number of piperidine rings is 1. The maximum absolute atomic E-state index is 15.3. The number of hydrogen-bond donors (Lipinski definition) is 7. The summed E-state index contributed by atoms with van der Waals surface area (Å²) in [5.74, 6) is -10.9. The van der Waals surface area contributed by atoms with E-state index in [1.54, 1.807) is 49.1 Å². The molecule has 11 amide bonds. The fourth-order valence-electron chi connectivity index (χ4n) is 12.6. The number of hydrogen-bond acceptors (Lipinski definition) is 15. The molecule has 0 bridgehead atoms. The number of benzene rings is 2. The van der Waals surface area contributed by atoms with E-state index in [-0.39, 0.29) is 80.1 Å². The van der Waals surface area contributed by atoms with E-state index in [2.05, 4.69) is 21.3 Å². The molecule has 1 unspecified atom stereocenters. The molecule has 4 rings (SSSR count). The van der Waals surface area contributed by atoms with Gasteiger partial charge in [-0.25, -0.2) is 4.39 Å². The maximum atomic E-state index is 15.3. The number of halogens is 1. The van der Waals surface area contributed by atoms with Crippen LogP contribution in [0.25, 0.3) is 0 Å². The summed E-state index contributed by atoms with van der Waals surface area (Å²) in [7, 11) is 9.61. The van der Waals surface area contributed by atoms with Gasteiger partial charge >= 0.3 is 0 Å². The molecule has 0 aromatic heterocycles. The summed E-state index contributed by atoms with van der Waals surface area (Å²) < 4.78 is 15.1. The molecule has 26 nitrogen and oxygen atoms in total. The van der Waals surface area contributed by atoms with Crippen LogP contribution >= 0.6 is 0 Å². The SMILES string of the molecule is CC(C)C[C@@H]1NC(=O)[C@H](CC(C)C)N(C)C(=O)[C@H](Cc2ccccc2)N(C)C(=O)CN(C)C(=O)[C@H]([C@@H](C)O)NC(=O)[C@H](CC(C)C)N(C)C(O)[C@H](Cc2ccc(O)c(F)c2)NC(=O)[C@H](CC(C)C)N(C)C(=O)CN(C)C(=O)C[C@@H](C(=O)N2CCCCC2)NC(=O)[C@H](CC(C)C)N(C)C1=O. The van der Waals surface area contributed by atoms with Crippen molar-refractivity contribution in [3.63, 3.8) is 0 Å². The van der Waals surface area contributed by atoms with E-state index >= 15 is 23.6 Å². The topological polar surface area (TPSA) is 322 Å². The highest BCUT2D eigenvalue weighted by Crippen LogP contribution is 2.25. The van der Waals surface area contributed by atoms with E-state index < -0.39 is 163 Å². The number of aromatic hydroxyl groups is 1. The molecule has 2 heterocycles. The van der Waals surface area contributed by atoms with Crippen LogP contribution in [0.2, 0.25) is 0 Å². The van der Waals surface area contributed by atoms with Crippen LogP contribution in [0.5, 0.6) is 5.75 Å². The van der Waals surface area contributed by atoms with Gasteiger partial charge in [-0.3, -0.25) is 57.6 Å². The Hall–Kier alpha value is -7.78. The molecule has 0 spiro atoms. The molecule has 0 saturated carbocycles. The number of carbonyl (C=O) groups is 11. The minimum Gasteiger partial charge on any atom is -0.505 e. The molecule has 2 aromatic carbocycles. The van der Waals surface area contributed by atoms with E-state index in [1.165, 1.54) is 81.9 Å². The number of nitrogens with one attached hydrogen (secondary N) is 4. The Bertz CT molecular complexity index is 3070. The monoisotopic (exact) mass is 1390 g/mol. The Balaban J connectivity index is 1.96. The number of likely N-dealkylation sites (tertiary alicyclic amines) is 1. The van der Waals surface area contributed by atoms with E-state index in [0.29, 0.717) is 31.5 Å². The predicted molar refractivity (Wildman–Crippen MR) is 373 cm³/mol. The molecule has 99 heavy (non-hydrogen) atoms. The van der Waals surface area contributed by atoms with Gasteiger partial charge in [0.2, 0.25) is 65.0 Å². The quantitative estimate of drug-likeness (QED) is 0.127. The average molecular weight is 1390 g/mol. The normalized spacial score (nSPS) is 25.4. The molecule has 0 radical (unpaired) electrons. The van der Waals surface area contributed by atoms with Crippen LogP contribution in [-0.2, 0) is 65.6 Å². The van der Waals surface area contributed by atoms with Gasteiger partial charge in [0, 0.05) is 61.8 Å². The second-order valence-electron chi connectivity index (χ2n) is 29.4. The number of aliphatic hydroxyl groups is 2. The van der Waals surface area contributed by atoms with Crippen LogP contribution in [0.15, 0.2) is 48.5 Å². The third-order valence-electron chi connectivity index (χ3n) is 18.5. The number of carbonyl (C=O) groups excluding carboxylic acids is 11. The van der Waals surface area contributed by atoms with Gasteiger partial charge in [0.05, 0.1) is 37.7 Å². The molecule has 2 aliphatic heterocycles. The van der Waals surface area contributed by atoms with Crippen LogP contribution in [0.1, 0.15) is 145 Å². The van der Waals surface area contributed by atoms with Crippen molar-refractivity contribution in [2.45, 2.75) is 213 Å². The molecule has 2 saturated heterocycles. The Kier molecular flexibility index (Phi) is 32.7. The van der Waals surface area contributed by atoms with Gasteiger partial charge in [0.1, 0.15) is 48.5 Å². The van der Waals surface area contributed by atoms with Crippen LogP contribution in [0.4, 0.5) is 4.39 Å². The zero-order valence-electron chi connectivity index (χ0n) is 61.8. The standard InChI is InChI=1S/C72H115FN12O14/c1-42(2)31-51-68(95)82(16)55(33-44(5)6)65(92)76-53(70(97)85-29-23-20-24-30-85)39-60(88)78(12)40-61(89)80(14)54(32-43(3)4)64(91)75-52(37-49-27-28-59(87)50(73)36-49)69(96)83(17)57(35-46(9)10)67(94)77-63(47(11)86)72(99)79(13)41-62(90)81(15)58(38-48-25-21-19-22-26-48)71(98)84(18)56(34-45(7)8)66(93)74-51/h19,21-22,25-28,36,42-47,51-58,63,69,86-87,96H,20,23-24,29-35,37-41H2,1-18H3,(H,74,93)(H,75,91)(H,76,92)(H,77,94)/t47-,51+,52+,53+,54+,55+,56+,57+,58+,63+,69?/m1/s1. The van der Waals surface area contributed by atoms with E-state index in [4.69, 9.17) is 0 Å². The Morgan fingerprint density at radius 1 is 0.505 bits per heavy atom. The van der Waals surface area contributed by atoms with Gasteiger partial charge in [0.15, 0.2) is 11.6 Å². The fraction of sp³-hybridized carbons (Fsp3) is 0.681. The van der Waals surface area contributed by atoms with Crippen LogP contribution < -0.4 is 21.3 Å². The van der Waals surface area contributed by atoms with Gasteiger partial charge in [0.25, 0.3) is 0 Å². The highest BCUT2D eigenvalue weighted by atomic mass is 19.1. The number of nitrogens with zero attached hydrogens (tertiary/aromatic N) is 8. The van der Waals surface area contributed by atoms with Gasteiger partial charge in [-0.15, -0.1) is 0 Å².